The molecule has 1 aromatic carbocycles. The first kappa shape index (κ1) is 23.4. The maximum absolute atomic E-state index is 11.0. The zero-order chi connectivity index (χ0) is 21.9. The summed E-state index contributed by atoms with van der Waals surface area (Å²) >= 11 is 3.47. The van der Waals surface area contributed by atoms with Crippen LogP contribution >= 0.6 is 15.9 Å². The minimum absolute atomic E-state index is 0.218. The highest BCUT2D eigenvalue weighted by molar-refractivity contribution is 9.09. The average Bonchev–Trinajstić information content (AvgIpc) is 2.81. The van der Waals surface area contributed by atoms with Gasteiger partial charge in [0.15, 0.2) is 0 Å². The zero-order valence-corrected chi connectivity index (χ0v) is 19.6. The molecule has 1 aliphatic rings. The van der Waals surface area contributed by atoms with Gasteiger partial charge in [-0.15, -0.1) is 0 Å². The van der Waals surface area contributed by atoms with Crippen LogP contribution in [0.3, 0.4) is 0 Å². The number of ether oxygens (including phenoxy) is 1. The number of benzene rings is 1. The number of hydrogen-bond donors (Lipinski definition) is 1. The second-order valence-electron chi connectivity index (χ2n) is 7.84. The quantitative estimate of drug-likeness (QED) is 0.325. The van der Waals surface area contributed by atoms with E-state index in [0.29, 0.717) is 0 Å². The van der Waals surface area contributed by atoms with E-state index in [1.54, 1.807) is 12.1 Å². The van der Waals surface area contributed by atoms with Crippen molar-refractivity contribution in [2.75, 3.05) is 47.9 Å². The summed E-state index contributed by atoms with van der Waals surface area (Å²) in [6, 6.07) is 11.8. The number of halogens is 1. The first-order valence-electron chi connectivity index (χ1n) is 11.2. The standard InChI is InChI=1S/C24H32BrN3O3/c25-13-5-3-1-2-4-6-18-31-22-10-8-21(9-11-22)27-14-16-28(17-15-27)23-12-7-20(19-26-23)24(29)30/h7-12,19H,1-6,13-18H2,(H,29,30). The smallest absolute Gasteiger partial charge is 0.337 e. The lowest BCUT2D eigenvalue weighted by atomic mass is 10.1. The monoisotopic (exact) mass is 489 g/mol. The van der Waals surface area contributed by atoms with E-state index in [-0.39, 0.29) is 5.56 Å². The number of anilines is 2. The van der Waals surface area contributed by atoms with Gasteiger partial charge in [0.05, 0.1) is 12.2 Å². The summed E-state index contributed by atoms with van der Waals surface area (Å²) in [4.78, 5) is 19.8. The number of nitrogens with zero attached hydrogens (tertiary/aromatic N) is 3. The summed E-state index contributed by atoms with van der Waals surface area (Å²) < 4.78 is 5.89. The molecular formula is C24H32BrN3O3. The molecule has 1 fully saturated rings. The Morgan fingerprint density at radius 1 is 0.903 bits per heavy atom. The van der Waals surface area contributed by atoms with Gasteiger partial charge in [-0.05, 0) is 49.2 Å². The molecular weight excluding hydrogens is 458 g/mol. The van der Waals surface area contributed by atoms with Gasteiger partial charge in [-0.3, -0.25) is 0 Å². The Hall–Kier alpha value is -2.28. The van der Waals surface area contributed by atoms with Crippen molar-refractivity contribution in [3.63, 3.8) is 0 Å². The average molecular weight is 490 g/mol. The fourth-order valence-electron chi connectivity index (χ4n) is 3.74. The minimum atomic E-state index is -0.947. The second kappa shape index (κ2) is 12.5. The molecule has 1 N–H and O–H groups in total. The third-order valence-corrected chi connectivity index (χ3v) is 6.16. The summed E-state index contributed by atoms with van der Waals surface area (Å²) in [7, 11) is 0. The number of unbranched alkanes of at least 4 members (excludes halogenated alkanes) is 5. The van der Waals surface area contributed by atoms with Crippen molar-refractivity contribution in [3.05, 3.63) is 48.2 Å². The normalized spacial score (nSPS) is 14.0. The van der Waals surface area contributed by atoms with Crippen LogP contribution in [-0.2, 0) is 0 Å². The Bertz CT molecular complexity index is 791. The zero-order valence-electron chi connectivity index (χ0n) is 18.0. The van der Waals surface area contributed by atoms with Gasteiger partial charge in [0, 0.05) is 43.4 Å². The minimum Gasteiger partial charge on any atom is -0.494 e. The number of aromatic carboxylic acids is 1. The Morgan fingerprint density at radius 3 is 2.16 bits per heavy atom. The molecule has 0 aliphatic carbocycles. The summed E-state index contributed by atoms with van der Waals surface area (Å²) in [5.41, 5.74) is 1.42. The molecule has 0 atom stereocenters. The number of rotatable bonds is 12. The van der Waals surface area contributed by atoms with Crippen molar-refractivity contribution < 1.29 is 14.6 Å². The third kappa shape index (κ3) is 7.42. The number of piperazine rings is 1. The molecule has 0 spiro atoms. The molecule has 2 heterocycles. The molecule has 3 rings (SSSR count). The fraction of sp³-hybridized carbons (Fsp3) is 0.500. The molecule has 6 nitrogen and oxygen atoms in total. The van der Waals surface area contributed by atoms with Crippen LogP contribution in [0.5, 0.6) is 5.75 Å². The number of carboxylic acids is 1. The van der Waals surface area contributed by atoms with Gasteiger partial charge >= 0.3 is 5.97 Å². The molecule has 2 aromatic rings. The molecule has 7 heteroatoms. The molecule has 0 saturated carbocycles. The van der Waals surface area contributed by atoms with Crippen LogP contribution in [0.2, 0.25) is 0 Å². The van der Waals surface area contributed by atoms with E-state index in [1.807, 2.05) is 0 Å². The predicted molar refractivity (Wildman–Crippen MR) is 129 cm³/mol. The van der Waals surface area contributed by atoms with E-state index in [2.05, 4.69) is 55.0 Å². The molecule has 0 unspecified atom stereocenters. The largest absolute Gasteiger partial charge is 0.494 e. The molecule has 0 radical (unpaired) electrons. The Labute approximate surface area is 193 Å². The van der Waals surface area contributed by atoms with Gasteiger partial charge in [0.25, 0.3) is 0 Å². The van der Waals surface area contributed by atoms with Crippen LogP contribution in [-0.4, -0.2) is 54.2 Å². The van der Waals surface area contributed by atoms with Gasteiger partial charge < -0.3 is 19.6 Å². The van der Waals surface area contributed by atoms with Gasteiger partial charge in [-0.25, -0.2) is 9.78 Å². The van der Waals surface area contributed by atoms with Crippen molar-refractivity contribution in [2.45, 2.75) is 38.5 Å². The first-order valence-corrected chi connectivity index (χ1v) is 12.3. The molecule has 1 aromatic heterocycles. The number of pyridine rings is 1. The second-order valence-corrected chi connectivity index (χ2v) is 8.63. The lowest BCUT2D eigenvalue weighted by molar-refractivity contribution is 0.0696. The van der Waals surface area contributed by atoms with Gasteiger partial charge in [0.1, 0.15) is 11.6 Å². The summed E-state index contributed by atoms with van der Waals surface area (Å²) in [5.74, 6) is 0.818. The van der Waals surface area contributed by atoms with Crippen LogP contribution in [0.15, 0.2) is 42.6 Å². The van der Waals surface area contributed by atoms with Crippen LogP contribution in [0, 0.1) is 0 Å². The molecule has 31 heavy (non-hydrogen) atoms. The number of carboxylic acid groups (broad SMARTS) is 1. The van der Waals surface area contributed by atoms with Crippen molar-refractivity contribution in [1.29, 1.82) is 0 Å². The van der Waals surface area contributed by atoms with Crippen LogP contribution in [0.4, 0.5) is 11.5 Å². The third-order valence-electron chi connectivity index (χ3n) is 5.60. The van der Waals surface area contributed by atoms with Crippen molar-refractivity contribution in [1.82, 2.24) is 4.98 Å². The first-order chi connectivity index (χ1) is 15.2. The van der Waals surface area contributed by atoms with Gasteiger partial charge in [0.2, 0.25) is 0 Å². The lowest BCUT2D eigenvalue weighted by Crippen LogP contribution is -2.46. The Balaban J connectivity index is 1.37. The summed E-state index contributed by atoms with van der Waals surface area (Å²) in [5, 5.41) is 10.1. The van der Waals surface area contributed by atoms with Crippen molar-refractivity contribution in [3.8, 4) is 5.75 Å². The Kier molecular flexibility index (Phi) is 9.46. The maximum atomic E-state index is 11.0. The van der Waals surface area contributed by atoms with Crippen molar-refractivity contribution in [2.24, 2.45) is 0 Å². The number of carbonyl (C=O) groups is 1. The van der Waals surface area contributed by atoms with E-state index in [0.717, 1.165) is 56.1 Å². The van der Waals surface area contributed by atoms with E-state index in [9.17, 15) is 4.79 Å². The van der Waals surface area contributed by atoms with E-state index >= 15 is 0 Å². The van der Waals surface area contributed by atoms with Gasteiger partial charge in [-0.1, -0.05) is 41.6 Å². The van der Waals surface area contributed by atoms with Crippen LogP contribution in [0.25, 0.3) is 0 Å². The highest BCUT2D eigenvalue weighted by Gasteiger charge is 2.18. The fourth-order valence-corrected chi connectivity index (χ4v) is 4.14. The van der Waals surface area contributed by atoms with E-state index < -0.39 is 5.97 Å². The maximum Gasteiger partial charge on any atom is 0.337 e. The summed E-state index contributed by atoms with van der Waals surface area (Å²) in [6.45, 7) is 4.29. The number of aromatic nitrogens is 1. The number of hydrogen-bond acceptors (Lipinski definition) is 5. The molecule has 168 valence electrons. The number of alkyl halides is 1. The van der Waals surface area contributed by atoms with E-state index in [4.69, 9.17) is 9.84 Å². The lowest BCUT2D eigenvalue weighted by Gasteiger charge is -2.36. The van der Waals surface area contributed by atoms with Crippen LogP contribution in [0.1, 0.15) is 48.9 Å². The van der Waals surface area contributed by atoms with E-state index in [1.165, 1.54) is 44.0 Å². The van der Waals surface area contributed by atoms with Crippen LogP contribution < -0.4 is 14.5 Å². The molecule has 1 aliphatic heterocycles. The molecule has 1 saturated heterocycles. The summed E-state index contributed by atoms with van der Waals surface area (Å²) in [6.07, 6.45) is 8.97. The van der Waals surface area contributed by atoms with Gasteiger partial charge in [-0.2, -0.15) is 0 Å². The highest BCUT2D eigenvalue weighted by Crippen LogP contribution is 2.22. The Morgan fingerprint density at radius 2 is 1.55 bits per heavy atom. The SMILES string of the molecule is O=C(O)c1ccc(N2CCN(c3ccc(OCCCCCCCCBr)cc3)CC2)nc1. The topological polar surface area (TPSA) is 65.9 Å². The van der Waals surface area contributed by atoms with Crippen molar-refractivity contribution >= 4 is 33.4 Å². The molecule has 0 amide bonds. The predicted octanol–water partition coefficient (Wildman–Crippen LogP) is 5.22. The molecule has 0 bridgehead atoms. The highest BCUT2D eigenvalue weighted by atomic mass is 79.9.